The van der Waals surface area contributed by atoms with Crippen molar-refractivity contribution in [2.24, 2.45) is 0 Å². The second-order valence-electron chi connectivity index (χ2n) is 9.41. The number of ether oxygens (including phenoxy) is 4. The van der Waals surface area contributed by atoms with Crippen LogP contribution in [0.25, 0.3) is 10.9 Å². The average molecular weight is 548 g/mol. The van der Waals surface area contributed by atoms with Gasteiger partial charge in [-0.05, 0) is 48.0 Å². The maximum atomic E-state index is 12.7. The second kappa shape index (κ2) is 12.8. The van der Waals surface area contributed by atoms with Crippen molar-refractivity contribution >= 4 is 22.5 Å². The Kier molecular flexibility index (Phi) is 8.55. The van der Waals surface area contributed by atoms with Crippen LogP contribution < -0.4 is 18.9 Å². The molecule has 5 rings (SSSR count). The largest absolute Gasteiger partial charge is 0.493 e. The van der Waals surface area contributed by atoms with Crippen molar-refractivity contribution in [3.63, 3.8) is 0 Å². The van der Waals surface area contributed by atoms with E-state index in [0.717, 1.165) is 16.5 Å². The summed E-state index contributed by atoms with van der Waals surface area (Å²) in [4.78, 5) is 29.9. The topological polar surface area (TPSA) is 84.0 Å². The maximum absolute atomic E-state index is 12.7. The van der Waals surface area contributed by atoms with Crippen LogP contribution in [0, 0.1) is 0 Å². The summed E-state index contributed by atoms with van der Waals surface area (Å²) in [5, 5.41) is 0.777. The van der Waals surface area contributed by atoms with Crippen LogP contribution in [0.3, 0.4) is 0 Å². The van der Waals surface area contributed by atoms with Gasteiger partial charge in [0.05, 0.1) is 26.2 Å². The third kappa shape index (κ3) is 6.89. The van der Waals surface area contributed by atoms with Crippen LogP contribution in [-0.2, 0) is 22.4 Å². The minimum absolute atomic E-state index is 0.123. The number of ketones is 2. The molecule has 0 N–H and O–H groups in total. The summed E-state index contributed by atoms with van der Waals surface area (Å²) in [5.41, 5.74) is 2.26. The van der Waals surface area contributed by atoms with Gasteiger partial charge in [0.25, 0.3) is 0 Å². The maximum Gasteiger partial charge on any atom is 0.162 e. The number of fused-ring (bicyclic) bond motifs is 1. The number of aromatic nitrogens is 1. The number of para-hydroxylation sites is 2. The monoisotopic (exact) mass is 547 g/mol. The van der Waals surface area contributed by atoms with Crippen molar-refractivity contribution in [1.82, 2.24) is 4.98 Å². The second-order valence-corrected chi connectivity index (χ2v) is 9.41. The van der Waals surface area contributed by atoms with Crippen LogP contribution >= 0.6 is 0 Å². The summed E-state index contributed by atoms with van der Waals surface area (Å²) >= 11 is 0. The van der Waals surface area contributed by atoms with Gasteiger partial charge < -0.3 is 18.9 Å². The smallest absolute Gasteiger partial charge is 0.162 e. The molecule has 0 aliphatic heterocycles. The lowest BCUT2D eigenvalue weighted by Crippen LogP contribution is -2.12. The highest BCUT2D eigenvalue weighted by Crippen LogP contribution is 2.37. The Labute approximate surface area is 238 Å². The summed E-state index contributed by atoms with van der Waals surface area (Å²) < 4.78 is 22.9. The molecule has 7 nitrogen and oxygen atoms in total. The van der Waals surface area contributed by atoms with E-state index in [4.69, 9.17) is 18.9 Å². The molecule has 0 atom stereocenters. The van der Waals surface area contributed by atoms with E-state index < -0.39 is 0 Å². The summed E-state index contributed by atoms with van der Waals surface area (Å²) in [6.45, 7) is 0. The Morgan fingerprint density at radius 2 is 1.27 bits per heavy atom. The van der Waals surface area contributed by atoms with E-state index in [9.17, 15) is 9.59 Å². The predicted molar refractivity (Wildman–Crippen MR) is 156 cm³/mol. The molecule has 41 heavy (non-hydrogen) atoms. The first-order valence-corrected chi connectivity index (χ1v) is 13.1. The number of Topliss-reactive ketones (excluding diaryl/α,β-unsaturated/α-hetero) is 2. The van der Waals surface area contributed by atoms with E-state index in [1.807, 2.05) is 72.8 Å². The standard InChI is InChI=1S/C34H29NO6/c1-38-33-21-29-30(22-34(33)39-2)35-17-16-32(29)41-28-14-12-23(13-15-28)18-25(36)20-26(37)19-24-8-6-7-11-31(24)40-27-9-4-3-5-10-27/h3-17,21-22H,18-20H2,1-2H3. The van der Waals surface area contributed by atoms with E-state index in [0.29, 0.717) is 40.0 Å². The van der Waals surface area contributed by atoms with Crippen molar-refractivity contribution in [1.29, 1.82) is 0 Å². The minimum atomic E-state index is -0.157. The number of rotatable bonds is 12. The van der Waals surface area contributed by atoms with E-state index in [2.05, 4.69) is 4.98 Å². The Morgan fingerprint density at radius 3 is 2.02 bits per heavy atom. The molecule has 0 fully saturated rings. The molecule has 0 radical (unpaired) electrons. The summed E-state index contributed by atoms with van der Waals surface area (Å²) in [5.74, 6) is 3.37. The average Bonchev–Trinajstić information content (AvgIpc) is 2.99. The Balaban J connectivity index is 1.19. The van der Waals surface area contributed by atoms with Gasteiger partial charge in [0.2, 0.25) is 0 Å². The zero-order valence-electron chi connectivity index (χ0n) is 22.8. The molecule has 206 valence electrons. The molecule has 0 aliphatic carbocycles. The molecule has 0 unspecified atom stereocenters. The molecule has 0 spiro atoms. The van der Waals surface area contributed by atoms with Crippen LogP contribution in [-0.4, -0.2) is 30.8 Å². The van der Waals surface area contributed by atoms with Gasteiger partial charge in [-0.1, -0.05) is 48.5 Å². The van der Waals surface area contributed by atoms with E-state index >= 15 is 0 Å². The first-order valence-electron chi connectivity index (χ1n) is 13.1. The Bertz CT molecular complexity index is 1660. The van der Waals surface area contributed by atoms with Gasteiger partial charge in [-0.15, -0.1) is 0 Å². The van der Waals surface area contributed by atoms with Crippen molar-refractivity contribution in [3.8, 4) is 34.5 Å². The first kappa shape index (κ1) is 27.4. The number of benzene rings is 4. The van der Waals surface area contributed by atoms with E-state index in [1.165, 1.54) is 0 Å². The normalized spacial score (nSPS) is 10.7. The van der Waals surface area contributed by atoms with Crippen molar-refractivity contribution in [3.05, 3.63) is 114 Å². The Morgan fingerprint density at radius 1 is 0.634 bits per heavy atom. The van der Waals surface area contributed by atoms with E-state index in [1.54, 1.807) is 44.7 Å². The summed E-state index contributed by atoms with van der Waals surface area (Å²) in [7, 11) is 3.15. The summed E-state index contributed by atoms with van der Waals surface area (Å²) in [6, 6.07) is 29.4. The number of hydrogen-bond acceptors (Lipinski definition) is 7. The lowest BCUT2D eigenvalue weighted by atomic mass is 10.0. The zero-order valence-corrected chi connectivity index (χ0v) is 22.8. The number of methoxy groups -OCH3 is 2. The number of carbonyl (C=O) groups excluding carboxylic acids is 2. The molecule has 1 heterocycles. The summed E-state index contributed by atoms with van der Waals surface area (Å²) in [6.07, 6.45) is 1.80. The highest BCUT2D eigenvalue weighted by atomic mass is 16.5. The molecular weight excluding hydrogens is 518 g/mol. The van der Waals surface area contributed by atoms with Crippen LogP contribution in [0.1, 0.15) is 17.5 Å². The van der Waals surface area contributed by atoms with Gasteiger partial charge in [0.1, 0.15) is 34.6 Å². The molecule has 7 heteroatoms. The predicted octanol–water partition coefficient (Wildman–Crippen LogP) is 7.15. The lowest BCUT2D eigenvalue weighted by molar-refractivity contribution is -0.126. The van der Waals surface area contributed by atoms with E-state index in [-0.39, 0.29) is 30.8 Å². The number of hydrogen-bond donors (Lipinski definition) is 0. The van der Waals surface area contributed by atoms with Crippen LogP contribution in [0.15, 0.2) is 103 Å². The van der Waals surface area contributed by atoms with Crippen LogP contribution in [0.2, 0.25) is 0 Å². The van der Waals surface area contributed by atoms with Crippen LogP contribution in [0.4, 0.5) is 0 Å². The van der Waals surface area contributed by atoms with Crippen molar-refractivity contribution < 1.29 is 28.5 Å². The van der Waals surface area contributed by atoms with Gasteiger partial charge in [-0.25, -0.2) is 0 Å². The fourth-order valence-electron chi connectivity index (χ4n) is 4.49. The van der Waals surface area contributed by atoms with Crippen molar-refractivity contribution in [2.45, 2.75) is 19.3 Å². The Hall–Kier alpha value is -5.17. The van der Waals surface area contributed by atoms with Gasteiger partial charge in [0.15, 0.2) is 11.5 Å². The SMILES string of the molecule is COc1cc2nccc(Oc3ccc(CC(=O)CC(=O)Cc4ccccc4Oc4ccccc4)cc3)c2cc1OC. The number of nitrogens with zero attached hydrogens (tertiary/aromatic N) is 1. The highest BCUT2D eigenvalue weighted by molar-refractivity contribution is 6.00. The van der Waals surface area contributed by atoms with Crippen LogP contribution in [0.5, 0.6) is 34.5 Å². The molecule has 0 saturated carbocycles. The third-order valence-corrected chi connectivity index (χ3v) is 6.48. The van der Waals surface area contributed by atoms with Gasteiger partial charge in [0, 0.05) is 36.1 Å². The number of carbonyl (C=O) groups is 2. The molecule has 0 bridgehead atoms. The first-order chi connectivity index (χ1) is 20.0. The fraction of sp³-hybridized carbons (Fsp3) is 0.147. The molecule has 0 amide bonds. The lowest BCUT2D eigenvalue weighted by Gasteiger charge is -2.12. The molecule has 0 aliphatic rings. The molecule has 4 aromatic carbocycles. The third-order valence-electron chi connectivity index (χ3n) is 6.48. The van der Waals surface area contributed by atoms with Gasteiger partial charge in [-0.2, -0.15) is 0 Å². The fourth-order valence-corrected chi connectivity index (χ4v) is 4.49. The molecule has 1 aromatic heterocycles. The molecule has 0 saturated heterocycles. The minimum Gasteiger partial charge on any atom is -0.493 e. The molecular formula is C34H29NO6. The highest BCUT2D eigenvalue weighted by Gasteiger charge is 2.15. The van der Waals surface area contributed by atoms with Gasteiger partial charge >= 0.3 is 0 Å². The van der Waals surface area contributed by atoms with Gasteiger partial charge in [-0.3, -0.25) is 14.6 Å². The zero-order chi connectivity index (χ0) is 28.6. The number of pyridine rings is 1. The quantitative estimate of drug-likeness (QED) is 0.153. The van der Waals surface area contributed by atoms with Crippen molar-refractivity contribution in [2.75, 3.05) is 14.2 Å². The molecule has 5 aromatic rings.